The minimum Gasteiger partial charge on any atom is -0.497 e. The molecule has 5 heteroatoms. The van der Waals surface area contributed by atoms with Crippen molar-refractivity contribution in [1.29, 1.82) is 0 Å². The van der Waals surface area contributed by atoms with Gasteiger partial charge in [0.2, 0.25) is 0 Å². The third-order valence-corrected chi connectivity index (χ3v) is 4.50. The molecule has 0 amide bonds. The molecule has 1 saturated carbocycles. The van der Waals surface area contributed by atoms with Crippen LogP contribution in [0, 0.1) is 11.3 Å². The number of Topliss-reactive ketones (excluding diaryl/α,β-unsaturated/α-hetero) is 1. The van der Waals surface area contributed by atoms with E-state index in [9.17, 15) is 4.79 Å². The second-order valence-electron chi connectivity index (χ2n) is 6.79. The van der Waals surface area contributed by atoms with Crippen molar-refractivity contribution in [2.45, 2.75) is 32.7 Å². The fourth-order valence-electron chi connectivity index (χ4n) is 3.51. The molecule has 2 atom stereocenters. The van der Waals surface area contributed by atoms with Crippen LogP contribution in [0.15, 0.2) is 23.3 Å². The van der Waals surface area contributed by atoms with Crippen LogP contribution in [0.2, 0.25) is 0 Å². The molecule has 0 unspecified atom stereocenters. The molecule has 0 spiro atoms. The standard InChI is InChI=1S/C17H22N2O3/c1-17(2)8-12-15(13(20)9-17)16(19-18-12)11-6-5-10(21-3)7-14(11)22-4/h5-7,12,15,18H,8-9H2,1-4H3/t12-,15+/m1/s1. The highest BCUT2D eigenvalue weighted by Gasteiger charge is 2.46. The van der Waals surface area contributed by atoms with Crippen molar-refractivity contribution in [2.24, 2.45) is 16.4 Å². The van der Waals surface area contributed by atoms with E-state index in [1.807, 2.05) is 18.2 Å². The Kier molecular flexibility index (Phi) is 3.59. The summed E-state index contributed by atoms with van der Waals surface area (Å²) in [5, 5.41) is 4.46. The van der Waals surface area contributed by atoms with Gasteiger partial charge in [-0.15, -0.1) is 0 Å². The number of methoxy groups -OCH3 is 2. The number of hydrazone groups is 1. The minimum atomic E-state index is -0.185. The first-order valence-corrected chi connectivity index (χ1v) is 7.53. The summed E-state index contributed by atoms with van der Waals surface area (Å²) in [5.41, 5.74) is 4.82. The second kappa shape index (κ2) is 5.30. The minimum absolute atomic E-state index is 0.0280. The molecule has 22 heavy (non-hydrogen) atoms. The second-order valence-corrected chi connectivity index (χ2v) is 6.79. The zero-order valence-electron chi connectivity index (χ0n) is 13.5. The maximum absolute atomic E-state index is 12.6. The van der Waals surface area contributed by atoms with Crippen LogP contribution in [0.5, 0.6) is 11.5 Å². The van der Waals surface area contributed by atoms with Gasteiger partial charge >= 0.3 is 0 Å². The van der Waals surface area contributed by atoms with Crippen molar-refractivity contribution in [1.82, 2.24) is 5.43 Å². The van der Waals surface area contributed by atoms with Crippen molar-refractivity contribution < 1.29 is 14.3 Å². The van der Waals surface area contributed by atoms with Gasteiger partial charge in [-0.3, -0.25) is 4.79 Å². The largest absolute Gasteiger partial charge is 0.497 e. The predicted molar refractivity (Wildman–Crippen MR) is 84.5 cm³/mol. The number of ketones is 1. The molecular weight excluding hydrogens is 280 g/mol. The highest BCUT2D eigenvalue weighted by atomic mass is 16.5. The van der Waals surface area contributed by atoms with E-state index in [0.29, 0.717) is 12.2 Å². The van der Waals surface area contributed by atoms with Gasteiger partial charge in [-0.25, -0.2) is 0 Å². The number of ether oxygens (including phenoxy) is 2. The summed E-state index contributed by atoms with van der Waals surface area (Å²) in [6, 6.07) is 5.68. The van der Waals surface area contributed by atoms with E-state index < -0.39 is 0 Å². The van der Waals surface area contributed by atoms with Gasteiger partial charge in [-0.1, -0.05) is 13.8 Å². The molecule has 0 aromatic heterocycles. The smallest absolute Gasteiger partial charge is 0.144 e. The van der Waals surface area contributed by atoms with Crippen LogP contribution in [-0.2, 0) is 4.79 Å². The Balaban J connectivity index is 1.95. The Labute approximate surface area is 130 Å². The molecular formula is C17H22N2O3. The van der Waals surface area contributed by atoms with Gasteiger partial charge in [-0.05, 0) is 24.0 Å². The molecule has 1 heterocycles. The van der Waals surface area contributed by atoms with Crippen LogP contribution >= 0.6 is 0 Å². The zero-order chi connectivity index (χ0) is 15.9. The van der Waals surface area contributed by atoms with Crippen molar-refractivity contribution in [3.63, 3.8) is 0 Å². The Morgan fingerprint density at radius 3 is 2.73 bits per heavy atom. The molecule has 1 aromatic carbocycles. The van der Waals surface area contributed by atoms with Crippen LogP contribution in [-0.4, -0.2) is 31.8 Å². The summed E-state index contributed by atoms with van der Waals surface area (Å²) in [5.74, 6) is 1.47. The summed E-state index contributed by atoms with van der Waals surface area (Å²) in [6.07, 6.45) is 1.53. The molecule has 0 saturated heterocycles. The Morgan fingerprint density at radius 1 is 1.27 bits per heavy atom. The number of benzene rings is 1. The van der Waals surface area contributed by atoms with E-state index in [4.69, 9.17) is 9.47 Å². The quantitative estimate of drug-likeness (QED) is 0.931. The molecule has 1 aliphatic heterocycles. The topological polar surface area (TPSA) is 59.9 Å². The van der Waals surface area contributed by atoms with Gasteiger partial charge < -0.3 is 14.9 Å². The number of hydrogen-bond donors (Lipinski definition) is 1. The van der Waals surface area contributed by atoms with Gasteiger partial charge in [-0.2, -0.15) is 5.10 Å². The van der Waals surface area contributed by atoms with E-state index in [1.165, 1.54) is 0 Å². The van der Waals surface area contributed by atoms with E-state index in [2.05, 4.69) is 24.4 Å². The number of nitrogens with zero attached hydrogens (tertiary/aromatic N) is 1. The monoisotopic (exact) mass is 302 g/mol. The lowest BCUT2D eigenvalue weighted by atomic mass is 9.68. The molecule has 5 nitrogen and oxygen atoms in total. The predicted octanol–water partition coefficient (Wildman–Crippen LogP) is 2.39. The summed E-state index contributed by atoms with van der Waals surface area (Å²) in [6.45, 7) is 4.27. The van der Waals surface area contributed by atoms with E-state index in [0.717, 1.165) is 23.4 Å². The molecule has 0 bridgehead atoms. The first kappa shape index (κ1) is 14.9. The maximum Gasteiger partial charge on any atom is 0.144 e. The highest BCUT2D eigenvalue weighted by molar-refractivity contribution is 6.16. The molecule has 1 aromatic rings. The van der Waals surface area contributed by atoms with E-state index >= 15 is 0 Å². The summed E-state index contributed by atoms with van der Waals surface area (Å²) >= 11 is 0. The van der Waals surface area contributed by atoms with Crippen LogP contribution < -0.4 is 14.9 Å². The normalized spacial score (nSPS) is 26.0. The van der Waals surface area contributed by atoms with Crippen molar-refractivity contribution in [2.75, 3.05) is 14.2 Å². The average Bonchev–Trinajstić information content (AvgIpc) is 2.88. The van der Waals surface area contributed by atoms with Gasteiger partial charge in [0.1, 0.15) is 17.3 Å². The Bertz CT molecular complexity index is 637. The van der Waals surface area contributed by atoms with Crippen molar-refractivity contribution in [3.05, 3.63) is 23.8 Å². The Hall–Kier alpha value is -2.04. The fraction of sp³-hybridized carbons (Fsp3) is 0.529. The van der Waals surface area contributed by atoms with E-state index in [-0.39, 0.29) is 23.2 Å². The van der Waals surface area contributed by atoms with Gasteiger partial charge in [0.15, 0.2) is 0 Å². The van der Waals surface area contributed by atoms with E-state index in [1.54, 1.807) is 14.2 Å². The van der Waals surface area contributed by atoms with Gasteiger partial charge in [0, 0.05) is 18.1 Å². The first-order valence-electron chi connectivity index (χ1n) is 7.53. The summed E-state index contributed by atoms with van der Waals surface area (Å²) in [7, 11) is 3.23. The number of hydrogen-bond acceptors (Lipinski definition) is 5. The number of fused-ring (bicyclic) bond motifs is 1. The lowest BCUT2D eigenvalue weighted by molar-refractivity contribution is -0.126. The molecule has 1 N–H and O–H groups in total. The maximum atomic E-state index is 12.6. The third kappa shape index (κ3) is 2.45. The molecule has 3 rings (SSSR count). The van der Waals surface area contributed by atoms with Crippen LogP contribution in [0.1, 0.15) is 32.3 Å². The molecule has 1 fully saturated rings. The number of nitrogens with one attached hydrogen (secondary N) is 1. The number of carbonyl (C=O) groups is 1. The van der Waals surface area contributed by atoms with Crippen molar-refractivity contribution in [3.8, 4) is 11.5 Å². The average molecular weight is 302 g/mol. The zero-order valence-corrected chi connectivity index (χ0v) is 13.5. The molecule has 0 radical (unpaired) electrons. The third-order valence-electron chi connectivity index (χ3n) is 4.50. The lowest BCUT2D eigenvalue weighted by Crippen LogP contribution is -2.45. The fourth-order valence-corrected chi connectivity index (χ4v) is 3.51. The number of rotatable bonds is 3. The van der Waals surface area contributed by atoms with Gasteiger partial charge in [0.05, 0.1) is 31.9 Å². The number of carbonyl (C=O) groups excluding carboxylic acids is 1. The molecule has 2 aliphatic rings. The summed E-state index contributed by atoms with van der Waals surface area (Å²) in [4.78, 5) is 12.6. The Morgan fingerprint density at radius 2 is 2.05 bits per heavy atom. The van der Waals surface area contributed by atoms with Crippen molar-refractivity contribution >= 4 is 11.5 Å². The SMILES string of the molecule is COc1ccc(C2=NN[C@@H]3CC(C)(C)CC(=O)[C@@H]23)c(OC)c1. The van der Waals surface area contributed by atoms with Crippen LogP contribution in [0.25, 0.3) is 0 Å². The highest BCUT2D eigenvalue weighted by Crippen LogP contribution is 2.41. The first-order chi connectivity index (χ1) is 10.4. The summed E-state index contributed by atoms with van der Waals surface area (Å²) < 4.78 is 10.7. The molecule has 1 aliphatic carbocycles. The lowest BCUT2D eigenvalue weighted by Gasteiger charge is -2.36. The van der Waals surface area contributed by atoms with Crippen LogP contribution in [0.3, 0.4) is 0 Å². The van der Waals surface area contributed by atoms with Gasteiger partial charge in [0.25, 0.3) is 0 Å². The van der Waals surface area contributed by atoms with Crippen LogP contribution in [0.4, 0.5) is 0 Å². The molecule has 118 valence electrons.